The van der Waals surface area contributed by atoms with E-state index in [1.165, 1.54) is 24.3 Å². The van der Waals surface area contributed by atoms with Crippen LogP contribution >= 0.6 is 0 Å². The standard InChI is InChI=1S/C18H15F3N2O/c1-12-6-7-13-4-2-3-5-16(13)23-17(12)22-14-8-10-15(11-9-14)24-18(19,20)21/h2-6,8-11H,7H2,1H3,(H,22,23). The molecule has 1 aliphatic heterocycles. The highest BCUT2D eigenvalue weighted by Gasteiger charge is 2.30. The largest absolute Gasteiger partial charge is 0.573 e. The molecule has 0 spiro atoms. The molecule has 0 amide bonds. The van der Waals surface area contributed by atoms with Gasteiger partial charge in [0.25, 0.3) is 0 Å². The van der Waals surface area contributed by atoms with Gasteiger partial charge in [-0.05, 0) is 54.8 Å². The van der Waals surface area contributed by atoms with Crippen LogP contribution in [0.15, 0.2) is 65.2 Å². The van der Waals surface area contributed by atoms with Gasteiger partial charge in [0.15, 0.2) is 0 Å². The topological polar surface area (TPSA) is 33.6 Å². The molecule has 0 unspecified atom stereocenters. The number of para-hydroxylation sites is 1. The third-order valence-corrected chi connectivity index (χ3v) is 3.58. The highest BCUT2D eigenvalue weighted by atomic mass is 19.4. The fraction of sp³-hybridized carbons (Fsp3) is 0.167. The van der Waals surface area contributed by atoms with Gasteiger partial charge in [-0.3, -0.25) is 0 Å². The molecular formula is C18H15F3N2O. The van der Waals surface area contributed by atoms with E-state index in [-0.39, 0.29) is 5.75 Å². The number of nitrogens with one attached hydrogen (secondary N) is 1. The van der Waals surface area contributed by atoms with Crippen molar-refractivity contribution in [3.8, 4) is 5.75 Å². The number of hydrogen-bond acceptors (Lipinski definition) is 3. The Kier molecular flexibility index (Phi) is 4.29. The predicted molar refractivity (Wildman–Crippen MR) is 87.7 cm³/mol. The van der Waals surface area contributed by atoms with Crippen molar-refractivity contribution in [3.63, 3.8) is 0 Å². The molecule has 0 saturated heterocycles. The van der Waals surface area contributed by atoms with Crippen molar-refractivity contribution in [3.05, 3.63) is 65.7 Å². The number of hydrogen-bond donors (Lipinski definition) is 1. The lowest BCUT2D eigenvalue weighted by Gasteiger charge is -2.12. The van der Waals surface area contributed by atoms with Crippen LogP contribution in [0.5, 0.6) is 5.75 Å². The van der Waals surface area contributed by atoms with Crippen molar-refractivity contribution in [1.29, 1.82) is 0 Å². The van der Waals surface area contributed by atoms with Crippen molar-refractivity contribution in [2.45, 2.75) is 19.7 Å². The summed E-state index contributed by atoms with van der Waals surface area (Å²) in [5.41, 5.74) is 3.62. The molecule has 2 aromatic carbocycles. The normalized spacial score (nSPS) is 14.2. The molecule has 0 bridgehead atoms. The fourth-order valence-corrected chi connectivity index (χ4v) is 2.36. The van der Waals surface area contributed by atoms with Crippen molar-refractivity contribution in [2.75, 3.05) is 5.32 Å². The number of alkyl halides is 3. The van der Waals surface area contributed by atoms with Crippen LogP contribution < -0.4 is 10.1 Å². The third-order valence-electron chi connectivity index (χ3n) is 3.58. The lowest BCUT2D eigenvalue weighted by atomic mass is 10.1. The summed E-state index contributed by atoms with van der Waals surface area (Å²) in [4.78, 5) is 4.62. The first-order valence-corrected chi connectivity index (χ1v) is 7.37. The summed E-state index contributed by atoms with van der Waals surface area (Å²) >= 11 is 0. The van der Waals surface area contributed by atoms with Crippen LogP contribution in [-0.4, -0.2) is 12.2 Å². The minimum atomic E-state index is -4.69. The fourth-order valence-electron chi connectivity index (χ4n) is 2.36. The summed E-state index contributed by atoms with van der Waals surface area (Å²) in [6.07, 6.45) is -1.84. The Hall–Kier alpha value is -2.76. The van der Waals surface area contributed by atoms with Gasteiger partial charge in [0.1, 0.15) is 11.6 Å². The van der Waals surface area contributed by atoms with Crippen LogP contribution in [0.3, 0.4) is 0 Å². The zero-order valence-electron chi connectivity index (χ0n) is 12.9. The van der Waals surface area contributed by atoms with E-state index < -0.39 is 6.36 Å². The maximum absolute atomic E-state index is 12.2. The maximum Gasteiger partial charge on any atom is 0.573 e. The van der Waals surface area contributed by atoms with Gasteiger partial charge in [-0.25, -0.2) is 4.99 Å². The van der Waals surface area contributed by atoms with Gasteiger partial charge in [-0.15, -0.1) is 13.2 Å². The Balaban J connectivity index is 1.81. The van der Waals surface area contributed by atoms with Gasteiger partial charge in [0.05, 0.1) is 5.69 Å². The number of rotatable bonds is 2. The Morgan fingerprint density at radius 1 is 1.04 bits per heavy atom. The van der Waals surface area contributed by atoms with E-state index in [1.807, 2.05) is 31.2 Å². The zero-order valence-corrected chi connectivity index (χ0v) is 12.9. The van der Waals surface area contributed by atoms with E-state index in [0.29, 0.717) is 11.5 Å². The molecular weight excluding hydrogens is 317 g/mol. The zero-order chi connectivity index (χ0) is 17.2. The highest BCUT2D eigenvalue weighted by molar-refractivity contribution is 6.09. The van der Waals surface area contributed by atoms with Crippen LogP contribution in [-0.2, 0) is 6.42 Å². The summed E-state index contributed by atoms with van der Waals surface area (Å²) in [7, 11) is 0. The summed E-state index contributed by atoms with van der Waals surface area (Å²) in [5.74, 6) is 0.415. The molecule has 0 fully saturated rings. The van der Waals surface area contributed by atoms with Crippen molar-refractivity contribution in [2.24, 2.45) is 4.99 Å². The molecule has 124 valence electrons. The smallest absolute Gasteiger partial charge is 0.406 e. The number of allylic oxidation sites excluding steroid dienone is 1. The van der Waals surface area contributed by atoms with Crippen molar-refractivity contribution >= 4 is 17.2 Å². The Morgan fingerprint density at radius 2 is 1.75 bits per heavy atom. The van der Waals surface area contributed by atoms with Crippen LogP contribution in [0, 0.1) is 0 Å². The SMILES string of the molecule is CC1=CCc2ccccc2N=C1Nc1ccc(OC(F)(F)F)cc1. The number of ether oxygens (including phenoxy) is 1. The lowest BCUT2D eigenvalue weighted by molar-refractivity contribution is -0.274. The van der Waals surface area contributed by atoms with Gasteiger partial charge in [-0.1, -0.05) is 24.3 Å². The van der Waals surface area contributed by atoms with Gasteiger partial charge in [-0.2, -0.15) is 0 Å². The van der Waals surface area contributed by atoms with E-state index in [9.17, 15) is 13.2 Å². The van der Waals surface area contributed by atoms with E-state index in [2.05, 4.69) is 21.1 Å². The summed E-state index contributed by atoms with van der Waals surface area (Å²) in [5, 5.41) is 3.15. The van der Waals surface area contributed by atoms with E-state index >= 15 is 0 Å². The minimum absolute atomic E-state index is 0.256. The first kappa shape index (κ1) is 16.1. The average Bonchev–Trinajstić information content (AvgIpc) is 2.68. The van der Waals surface area contributed by atoms with Crippen LogP contribution in [0.2, 0.25) is 0 Å². The average molecular weight is 332 g/mol. The second-order valence-electron chi connectivity index (χ2n) is 5.38. The molecule has 6 heteroatoms. The third kappa shape index (κ3) is 3.95. The first-order valence-electron chi connectivity index (χ1n) is 7.37. The maximum atomic E-state index is 12.2. The molecule has 3 rings (SSSR count). The lowest BCUT2D eigenvalue weighted by Crippen LogP contribution is -2.17. The molecule has 0 atom stereocenters. The monoisotopic (exact) mass is 332 g/mol. The minimum Gasteiger partial charge on any atom is -0.406 e. The van der Waals surface area contributed by atoms with Crippen molar-refractivity contribution in [1.82, 2.24) is 0 Å². The van der Waals surface area contributed by atoms with Crippen LogP contribution in [0.4, 0.5) is 24.5 Å². The molecule has 0 aliphatic carbocycles. The van der Waals surface area contributed by atoms with Crippen LogP contribution in [0.1, 0.15) is 12.5 Å². The van der Waals surface area contributed by atoms with E-state index in [1.54, 1.807) is 0 Å². The quantitative estimate of drug-likeness (QED) is 0.817. The molecule has 1 N–H and O–H groups in total. The van der Waals surface area contributed by atoms with Crippen LogP contribution in [0.25, 0.3) is 0 Å². The van der Waals surface area contributed by atoms with Gasteiger partial charge < -0.3 is 10.1 Å². The van der Waals surface area contributed by atoms with Gasteiger partial charge in [0.2, 0.25) is 0 Å². The number of amidine groups is 1. The van der Waals surface area contributed by atoms with E-state index in [4.69, 9.17) is 0 Å². The molecule has 2 aromatic rings. The molecule has 1 heterocycles. The molecule has 1 aliphatic rings. The summed E-state index contributed by atoms with van der Waals surface area (Å²) in [6, 6.07) is 13.4. The second-order valence-corrected chi connectivity index (χ2v) is 5.38. The van der Waals surface area contributed by atoms with E-state index in [0.717, 1.165) is 23.2 Å². The molecule has 3 nitrogen and oxygen atoms in total. The molecule has 0 saturated carbocycles. The number of halogens is 3. The summed E-state index contributed by atoms with van der Waals surface area (Å²) in [6.45, 7) is 1.94. The Morgan fingerprint density at radius 3 is 2.46 bits per heavy atom. The number of fused-ring (bicyclic) bond motifs is 1. The van der Waals surface area contributed by atoms with Crippen molar-refractivity contribution < 1.29 is 17.9 Å². The van der Waals surface area contributed by atoms with Gasteiger partial charge >= 0.3 is 6.36 Å². The predicted octanol–water partition coefficient (Wildman–Crippen LogP) is 5.23. The number of anilines is 1. The number of benzene rings is 2. The second kappa shape index (κ2) is 6.39. The Bertz CT molecular complexity index is 793. The summed E-state index contributed by atoms with van der Waals surface area (Å²) < 4.78 is 40.4. The molecule has 0 aromatic heterocycles. The number of aliphatic imine (C=N–C) groups is 1. The molecule has 0 radical (unpaired) electrons. The first-order chi connectivity index (χ1) is 11.4. The highest BCUT2D eigenvalue weighted by Crippen LogP contribution is 2.26. The molecule has 24 heavy (non-hydrogen) atoms. The van der Waals surface area contributed by atoms with Gasteiger partial charge in [0, 0.05) is 5.69 Å². The number of nitrogens with zero attached hydrogens (tertiary/aromatic N) is 1. The Labute approximate surface area is 137 Å².